The molecule has 0 saturated carbocycles. The van der Waals surface area contributed by atoms with Crippen LogP contribution in [0.4, 0.5) is 0 Å². The highest BCUT2D eigenvalue weighted by atomic mass is 28.4. The zero-order valence-electron chi connectivity index (χ0n) is 26.0. The van der Waals surface area contributed by atoms with E-state index in [2.05, 4.69) is 80.7 Å². The fraction of sp³-hybridized carbons (Fsp3) is 0.793. The van der Waals surface area contributed by atoms with Crippen LogP contribution in [-0.2, 0) is 27.9 Å². The second kappa shape index (κ2) is 12.9. The highest BCUT2D eigenvalue weighted by Gasteiger charge is 2.55. The van der Waals surface area contributed by atoms with E-state index in [1.807, 2.05) is 13.0 Å². The number of rotatable bonds is 13. The second-order valence-electron chi connectivity index (χ2n) is 13.5. The van der Waals surface area contributed by atoms with Crippen molar-refractivity contribution in [3.63, 3.8) is 0 Å². The van der Waals surface area contributed by atoms with Gasteiger partial charge in [-0.2, -0.15) is 0 Å². The van der Waals surface area contributed by atoms with Crippen molar-refractivity contribution in [3.8, 4) is 0 Å². The minimum absolute atomic E-state index is 0.0279. The van der Waals surface area contributed by atoms with E-state index in [9.17, 15) is 9.59 Å². The van der Waals surface area contributed by atoms with Gasteiger partial charge in [-0.25, -0.2) is 4.79 Å². The Morgan fingerprint density at radius 2 is 1.46 bits per heavy atom. The molecule has 37 heavy (non-hydrogen) atoms. The van der Waals surface area contributed by atoms with Crippen molar-refractivity contribution in [2.24, 2.45) is 5.92 Å². The molecule has 1 saturated heterocycles. The van der Waals surface area contributed by atoms with Gasteiger partial charge in [-0.15, -0.1) is 0 Å². The number of carbonyl (C=O) groups excluding carboxylic acids is 2. The van der Waals surface area contributed by atoms with E-state index < -0.39 is 16.6 Å². The fourth-order valence-electron chi connectivity index (χ4n) is 3.79. The third-order valence-electron chi connectivity index (χ3n) is 8.15. The smallest absolute Gasteiger partial charge is 0.333 e. The van der Waals surface area contributed by atoms with Gasteiger partial charge in [0.05, 0.1) is 18.8 Å². The molecule has 1 aliphatic rings. The Balaban J connectivity index is 3.29. The summed E-state index contributed by atoms with van der Waals surface area (Å²) < 4.78 is 25.0. The van der Waals surface area contributed by atoms with Crippen molar-refractivity contribution in [3.05, 3.63) is 23.3 Å². The van der Waals surface area contributed by atoms with Crippen molar-refractivity contribution in [2.75, 3.05) is 6.61 Å². The molecule has 0 N–H and O–H groups in total. The van der Waals surface area contributed by atoms with Crippen molar-refractivity contribution in [1.29, 1.82) is 0 Å². The average molecular weight is 555 g/mol. The molecule has 0 radical (unpaired) electrons. The van der Waals surface area contributed by atoms with E-state index in [1.54, 1.807) is 13.8 Å². The topological polar surface area (TPSA) is 74.4 Å². The van der Waals surface area contributed by atoms with Crippen LogP contribution in [0.1, 0.15) is 75.7 Å². The van der Waals surface area contributed by atoms with Gasteiger partial charge in [0.25, 0.3) is 0 Å². The summed E-state index contributed by atoms with van der Waals surface area (Å²) in [6, 6.07) is 0. The molecule has 0 amide bonds. The first kappa shape index (κ1) is 34.0. The third kappa shape index (κ3) is 9.57. The first-order valence-corrected chi connectivity index (χ1v) is 19.5. The number of ether oxygens (including phenoxy) is 2. The van der Waals surface area contributed by atoms with Crippen molar-refractivity contribution in [2.45, 2.75) is 136 Å². The van der Waals surface area contributed by atoms with Crippen LogP contribution in [0, 0.1) is 5.92 Å². The highest BCUT2D eigenvalue weighted by Crippen LogP contribution is 2.45. The van der Waals surface area contributed by atoms with Crippen LogP contribution in [0.5, 0.6) is 0 Å². The SMILES string of the molecule is CCOC(=O)/C(C)=C/C(C)=C/[C@@H](C)[C@H](O[Si](C)(C)C(C)(C)C)[C@H]1O[C@H]1[C@@H](CC=O)O[Si](C)(C)C(C)(C)C. The van der Waals surface area contributed by atoms with Crippen LogP contribution in [0.25, 0.3) is 0 Å². The third-order valence-corrected chi connectivity index (χ3v) is 17.1. The van der Waals surface area contributed by atoms with Gasteiger partial charge in [0.2, 0.25) is 0 Å². The number of aldehydes is 1. The number of epoxide rings is 1. The Morgan fingerprint density at radius 1 is 0.946 bits per heavy atom. The molecule has 6 nitrogen and oxygen atoms in total. The zero-order chi connectivity index (χ0) is 29.0. The molecular formula is C29H54O6Si2. The molecule has 0 aromatic heterocycles. The van der Waals surface area contributed by atoms with Crippen LogP contribution >= 0.6 is 0 Å². The minimum atomic E-state index is -2.13. The summed E-state index contributed by atoms with van der Waals surface area (Å²) in [5.41, 5.74) is 1.54. The van der Waals surface area contributed by atoms with Gasteiger partial charge in [-0.05, 0) is 63.1 Å². The normalized spacial score (nSPS) is 22.3. The molecule has 214 valence electrons. The van der Waals surface area contributed by atoms with E-state index in [0.717, 1.165) is 11.9 Å². The number of hydrogen-bond acceptors (Lipinski definition) is 6. The molecule has 5 atom stereocenters. The molecule has 0 aromatic rings. The van der Waals surface area contributed by atoms with E-state index >= 15 is 0 Å². The summed E-state index contributed by atoms with van der Waals surface area (Å²) in [6.45, 7) is 30.3. The second-order valence-corrected chi connectivity index (χ2v) is 23.1. The van der Waals surface area contributed by atoms with Crippen LogP contribution < -0.4 is 0 Å². The van der Waals surface area contributed by atoms with Crippen molar-refractivity contribution >= 4 is 28.9 Å². The fourth-order valence-corrected chi connectivity index (χ4v) is 6.52. The zero-order valence-corrected chi connectivity index (χ0v) is 28.0. The summed E-state index contributed by atoms with van der Waals surface area (Å²) in [6.07, 6.45) is 4.45. The Bertz CT molecular complexity index is 847. The molecule has 1 aliphatic heterocycles. The van der Waals surface area contributed by atoms with E-state index in [-0.39, 0.29) is 46.4 Å². The molecule has 0 aliphatic carbocycles. The van der Waals surface area contributed by atoms with Crippen LogP contribution in [0.3, 0.4) is 0 Å². The summed E-state index contributed by atoms with van der Waals surface area (Å²) in [5.74, 6) is -0.276. The predicted molar refractivity (Wildman–Crippen MR) is 157 cm³/mol. The first-order chi connectivity index (χ1) is 16.7. The Kier molecular flexibility index (Phi) is 11.8. The van der Waals surface area contributed by atoms with Gasteiger partial charge in [0.1, 0.15) is 18.5 Å². The van der Waals surface area contributed by atoms with Gasteiger partial charge in [-0.1, -0.05) is 60.1 Å². The largest absolute Gasteiger partial charge is 0.463 e. The maximum absolute atomic E-state index is 12.1. The number of carbonyl (C=O) groups is 2. The highest BCUT2D eigenvalue weighted by molar-refractivity contribution is 6.74. The maximum Gasteiger partial charge on any atom is 0.333 e. The van der Waals surface area contributed by atoms with Crippen molar-refractivity contribution in [1.82, 2.24) is 0 Å². The van der Waals surface area contributed by atoms with Gasteiger partial charge in [0.15, 0.2) is 16.6 Å². The molecule has 0 unspecified atom stereocenters. The predicted octanol–water partition coefficient (Wildman–Crippen LogP) is 7.22. The van der Waals surface area contributed by atoms with Gasteiger partial charge in [-0.3, -0.25) is 0 Å². The molecule has 0 spiro atoms. The number of esters is 1. The van der Waals surface area contributed by atoms with Gasteiger partial charge in [0, 0.05) is 17.9 Å². The summed E-state index contributed by atoms with van der Waals surface area (Å²) in [4.78, 5) is 23.7. The number of allylic oxidation sites excluding steroid dienone is 2. The molecule has 0 aromatic carbocycles. The molecule has 1 fully saturated rings. The molecular weight excluding hydrogens is 500 g/mol. The maximum atomic E-state index is 12.1. The quantitative estimate of drug-likeness (QED) is 0.0598. The Morgan fingerprint density at radius 3 is 1.92 bits per heavy atom. The van der Waals surface area contributed by atoms with Crippen LogP contribution in [0.15, 0.2) is 23.3 Å². The van der Waals surface area contributed by atoms with Gasteiger partial charge >= 0.3 is 5.97 Å². The Hall–Kier alpha value is -1.07. The lowest BCUT2D eigenvalue weighted by Crippen LogP contribution is -2.49. The van der Waals surface area contributed by atoms with Gasteiger partial charge < -0.3 is 23.1 Å². The standard InChI is InChI=1S/C29H54O6Si2/c1-15-32-27(31)22(4)19-20(2)18-21(3)24(35-37(13,14)29(8,9)10)26-25(33-26)23(16-17-30)34-36(11,12)28(5,6)7/h17-19,21,23-26H,15-16H2,1-14H3/b20-18+,22-19+/t21-,23-,24+,25+,26-/m1/s1. The lowest BCUT2D eigenvalue weighted by atomic mass is 9.95. The monoisotopic (exact) mass is 554 g/mol. The summed E-state index contributed by atoms with van der Waals surface area (Å²) in [7, 11) is -4.22. The molecule has 0 bridgehead atoms. The van der Waals surface area contributed by atoms with E-state index in [0.29, 0.717) is 18.6 Å². The van der Waals surface area contributed by atoms with Crippen LogP contribution in [0.2, 0.25) is 36.3 Å². The summed E-state index contributed by atoms with van der Waals surface area (Å²) >= 11 is 0. The van der Waals surface area contributed by atoms with E-state index in [1.165, 1.54) is 0 Å². The lowest BCUT2D eigenvalue weighted by molar-refractivity contribution is -0.138. The number of hydrogen-bond donors (Lipinski definition) is 0. The lowest BCUT2D eigenvalue weighted by Gasteiger charge is -2.41. The average Bonchev–Trinajstić information content (AvgIpc) is 3.50. The molecule has 1 rings (SSSR count). The molecule has 1 heterocycles. The Labute approximate surface area is 228 Å². The summed E-state index contributed by atoms with van der Waals surface area (Å²) in [5, 5.41) is 0.0696. The minimum Gasteiger partial charge on any atom is -0.463 e. The van der Waals surface area contributed by atoms with Crippen molar-refractivity contribution < 1.29 is 27.9 Å². The van der Waals surface area contributed by atoms with E-state index in [4.69, 9.17) is 18.3 Å². The molecule has 8 heteroatoms. The first-order valence-electron chi connectivity index (χ1n) is 13.7. The van der Waals surface area contributed by atoms with Crippen LogP contribution in [-0.4, -0.2) is 59.9 Å².